The van der Waals surface area contributed by atoms with E-state index in [1.54, 1.807) is 0 Å². The Kier molecular flexibility index (Phi) is 5.76. The Morgan fingerprint density at radius 3 is 2.15 bits per heavy atom. The number of rotatable bonds is 1. The van der Waals surface area contributed by atoms with Gasteiger partial charge in [-0.15, -0.1) is 0 Å². The van der Waals surface area contributed by atoms with E-state index in [0.29, 0.717) is 11.8 Å². The average Bonchev–Trinajstić information content (AvgIpc) is 2.12. The minimum absolute atomic E-state index is 0.107. The van der Waals surface area contributed by atoms with E-state index >= 15 is 0 Å². The van der Waals surface area contributed by atoms with Crippen molar-refractivity contribution in [3.05, 3.63) is 0 Å². The number of carbonyl (C=O) groups excluding carboxylic acids is 1. The summed E-state index contributed by atoms with van der Waals surface area (Å²) in [6.07, 6.45) is 3.41. The topological polar surface area (TPSA) is 43.1 Å². The lowest BCUT2D eigenvalue weighted by molar-refractivity contribution is -0.124. The first-order chi connectivity index (χ1) is 6.11. The molecular formula is C11H23NO. The Morgan fingerprint density at radius 2 is 1.77 bits per heavy atom. The van der Waals surface area contributed by atoms with Crippen LogP contribution >= 0.6 is 0 Å². The monoisotopic (exact) mass is 185 g/mol. The van der Waals surface area contributed by atoms with Gasteiger partial charge in [-0.1, -0.05) is 34.1 Å². The molecule has 2 heteroatoms. The summed E-state index contributed by atoms with van der Waals surface area (Å²) in [6.45, 7) is 8.32. The summed E-state index contributed by atoms with van der Waals surface area (Å²) in [5.74, 6) is 1.22. The number of primary amides is 1. The third-order valence-corrected chi connectivity index (χ3v) is 2.82. The van der Waals surface area contributed by atoms with Gasteiger partial charge in [0, 0.05) is 5.92 Å². The fourth-order valence-corrected chi connectivity index (χ4v) is 1.93. The highest BCUT2D eigenvalue weighted by molar-refractivity contribution is 5.77. The zero-order chi connectivity index (χ0) is 10.4. The van der Waals surface area contributed by atoms with Crippen LogP contribution in [-0.2, 0) is 4.79 Å². The first-order valence-corrected chi connectivity index (χ1v) is 5.40. The molecule has 78 valence electrons. The summed E-state index contributed by atoms with van der Waals surface area (Å²) in [7, 11) is 0. The van der Waals surface area contributed by atoms with Crippen molar-refractivity contribution >= 4 is 5.91 Å². The van der Waals surface area contributed by atoms with Gasteiger partial charge in [0.2, 0.25) is 5.91 Å². The fraction of sp³-hybridized carbons (Fsp3) is 0.909. The van der Waals surface area contributed by atoms with Crippen LogP contribution in [0.2, 0.25) is 0 Å². The molecular weight excluding hydrogens is 162 g/mol. The van der Waals surface area contributed by atoms with Gasteiger partial charge in [-0.3, -0.25) is 4.79 Å². The summed E-state index contributed by atoms with van der Waals surface area (Å²) in [5.41, 5.74) is 5.28. The first-order valence-electron chi connectivity index (χ1n) is 5.40. The van der Waals surface area contributed by atoms with E-state index < -0.39 is 0 Å². The second-order valence-corrected chi connectivity index (χ2v) is 3.90. The van der Waals surface area contributed by atoms with Crippen molar-refractivity contribution in [1.29, 1.82) is 0 Å². The first kappa shape index (κ1) is 12.5. The maximum atomic E-state index is 10.9. The van der Waals surface area contributed by atoms with Gasteiger partial charge in [0.15, 0.2) is 0 Å². The van der Waals surface area contributed by atoms with Crippen LogP contribution in [0.5, 0.6) is 0 Å². The number of hydrogen-bond acceptors (Lipinski definition) is 1. The summed E-state index contributed by atoms with van der Waals surface area (Å²) in [5, 5.41) is 0. The molecule has 0 spiro atoms. The van der Waals surface area contributed by atoms with Crippen LogP contribution in [0, 0.1) is 17.8 Å². The molecule has 0 radical (unpaired) electrons. The highest BCUT2D eigenvalue weighted by Gasteiger charge is 2.28. The second-order valence-electron chi connectivity index (χ2n) is 3.90. The van der Waals surface area contributed by atoms with E-state index in [1.807, 2.05) is 13.8 Å². The smallest absolute Gasteiger partial charge is 0.220 e. The maximum absolute atomic E-state index is 10.9. The number of carbonyl (C=O) groups is 1. The molecule has 0 aromatic rings. The zero-order valence-corrected chi connectivity index (χ0v) is 9.34. The van der Waals surface area contributed by atoms with Crippen molar-refractivity contribution in [3.63, 3.8) is 0 Å². The molecule has 0 aromatic carbocycles. The Morgan fingerprint density at radius 1 is 1.23 bits per heavy atom. The molecule has 0 aliphatic heterocycles. The lowest BCUT2D eigenvalue weighted by atomic mass is 9.75. The highest BCUT2D eigenvalue weighted by atomic mass is 16.1. The van der Waals surface area contributed by atoms with Crippen molar-refractivity contribution in [2.45, 2.75) is 47.0 Å². The molecule has 1 saturated carbocycles. The molecule has 1 rings (SSSR count). The molecule has 1 fully saturated rings. The minimum Gasteiger partial charge on any atom is -0.369 e. The Hall–Kier alpha value is -0.530. The van der Waals surface area contributed by atoms with E-state index in [0.717, 1.165) is 12.8 Å². The Balaban J connectivity index is 0.000000671. The highest BCUT2D eigenvalue weighted by Crippen LogP contribution is 2.32. The summed E-state index contributed by atoms with van der Waals surface area (Å²) in [6, 6.07) is 0. The van der Waals surface area contributed by atoms with Crippen LogP contribution in [0.1, 0.15) is 47.0 Å². The molecule has 3 unspecified atom stereocenters. The van der Waals surface area contributed by atoms with Crippen molar-refractivity contribution < 1.29 is 4.79 Å². The standard InChI is InChI=1S/C9H17NO.C2H6/c1-6-3-4-7(2)8(5-6)9(10)11;1-2/h6-8H,3-5H2,1-2H3,(H2,10,11);1-2H3. The second kappa shape index (κ2) is 6.01. The van der Waals surface area contributed by atoms with Gasteiger partial charge in [-0.2, -0.15) is 0 Å². The summed E-state index contributed by atoms with van der Waals surface area (Å²) < 4.78 is 0. The Labute approximate surface area is 81.9 Å². The van der Waals surface area contributed by atoms with Crippen LogP contribution in [0.4, 0.5) is 0 Å². The normalized spacial score (nSPS) is 33.1. The van der Waals surface area contributed by atoms with Crippen LogP contribution in [0.25, 0.3) is 0 Å². The quantitative estimate of drug-likeness (QED) is 0.670. The van der Waals surface area contributed by atoms with E-state index in [2.05, 4.69) is 13.8 Å². The Bertz CT molecular complexity index is 156. The number of nitrogens with two attached hydrogens (primary N) is 1. The predicted molar refractivity (Wildman–Crippen MR) is 56.2 cm³/mol. The molecule has 3 atom stereocenters. The molecule has 13 heavy (non-hydrogen) atoms. The van der Waals surface area contributed by atoms with Crippen LogP contribution in [0.3, 0.4) is 0 Å². The third-order valence-electron chi connectivity index (χ3n) is 2.82. The van der Waals surface area contributed by atoms with Gasteiger partial charge in [-0.05, 0) is 24.7 Å². The molecule has 1 aliphatic rings. The number of hydrogen-bond donors (Lipinski definition) is 1. The van der Waals surface area contributed by atoms with E-state index in [9.17, 15) is 4.79 Å². The third kappa shape index (κ3) is 3.79. The van der Waals surface area contributed by atoms with Crippen LogP contribution < -0.4 is 5.73 Å². The van der Waals surface area contributed by atoms with E-state index in [1.165, 1.54) is 6.42 Å². The van der Waals surface area contributed by atoms with E-state index in [-0.39, 0.29) is 11.8 Å². The van der Waals surface area contributed by atoms with Crippen molar-refractivity contribution in [1.82, 2.24) is 0 Å². The molecule has 0 bridgehead atoms. The fourth-order valence-electron chi connectivity index (χ4n) is 1.93. The van der Waals surface area contributed by atoms with Gasteiger partial charge in [0.1, 0.15) is 0 Å². The predicted octanol–water partition coefficient (Wildman–Crippen LogP) is 2.57. The summed E-state index contributed by atoms with van der Waals surface area (Å²) in [4.78, 5) is 10.9. The SMILES string of the molecule is CC.CC1CCC(C)C(C(N)=O)C1. The molecule has 1 aliphatic carbocycles. The lowest BCUT2D eigenvalue weighted by Crippen LogP contribution is -2.33. The van der Waals surface area contributed by atoms with Gasteiger partial charge in [0.25, 0.3) is 0 Å². The van der Waals surface area contributed by atoms with Crippen molar-refractivity contribution in [2.24, 2.45) is 23.5 Å². The average molecular weight is 185 g/mol. The molecule has 0 aromatic heterocycles. The molecule has 2 N–H and O–H groups in total. The van der Waals surface area contributed by atoms with Gasteiger partial charge in [-0.25, -0.2) is 0 Å². The van der Waals surface area contributed by atoms with Gasteiger partial charge < -0.3 is 5.73 Å². The van der Waals surface area contributed by atoms with Crippen LogP contribution in [-0.4, -0.2) is 5.91 Å². The van der Waals surface area contributed by atoms with Gasteiger partial charge >= 0.3 is 0 Å². The zero-order valence-electron chi connectivity index (χ0n) is 9.34. The maximum Gasteiger partial charge on any atom is 0.220 e. The lowest BCUT2D eigenvalue weighted by Gasteiger charge is -2.30. The van der Waals surface area contributed by atoms with Crippen LogP contribution in [0.15, 0.2) is 0 Å². The molecule has 0 heterocycles. The van der Waals surface area contributed by atoms with Gasteiger partial charge in [0.05, 0.1) is 0 Å². The largest absolute Gasteiger partial charge is 0.369 e. The van der Waals surface area contributed by atoms with Crippen molar-refractivity contribution in [3.8, 4) is 0 Å². The van der Waals surface area contributed by atoms with E-state index in [4.69, 9.17) is 5.73 Å². The molecule has 1 amide bonds. The molecule has 2 nitrogen and oxygen atoms in total. The van der Waals surface area contributed by atoms with Crippen molar-refractivity contribution in [2.75, 3.05) is 0 Å². The number of amides is 1. The minimum atomic E-state index is -0.107. The molecule has 0 saturated heterocycles. The summed E-state index contributed by atoms with van der Waals surface area (Å²) >= 11 is 0.